The highest BCUT2D eigenvalue weighted by Gasteiger charge is 2.21. The zero-order valence-corrected chi connectivity index (χ0v) is 16.8. The molecule has 4 rings (SSSR count). The Bertz CT molecular complexity index is 921. The molecule has 9 heteroatoms. The summed E-state index contributed by atoms with van der Waals surface area (Å²) in [6.45, 7) is 2.60. The lowest BCUT2D eigenvalue weighted by Crippen LogP contribution is -2.46. The van der Waals surface area contributed by atoms with Gasteiger partial charge in [-0.1, -0.05) is 12.1 Å². The number of amides is 2. The van der Waals surface area contributed by atoms with E-state index in [1.165, 1.54) is 6.20 Å². The minimum absolute atomic E-state index is 0.00190. The summed E-state index contributed by atoms with van der Waals surface area (Å²) in [5.74, 6) is -0.402. The Hall–Kier alpha value is -3.04. The van der Waals surface area contributed by atoms with Crippen LogP contribution in [0.5, 0.6) is 0 Å². The first-order valence-electron chi connectivity index (χ1n) is 10.4. The SMILES string of the molecule is Nc1ncc(-c2cccc(C(=O)N[C@H]3CCCN3)c2)nc1C(=O)N[C@H]1CCCNC1. The van der Waals surface area contributed by atoms with E-state index < -0.39 is 0 Å². The molecule has 2 fully saturated rings. The summed E-state index contributed by atoms with van der Waals surface area (Å²) in [7, 11) is 0. The highest BCUT2D eigenvalue weighted by atomic mass is 16.2. The molecule has 0 spiro atoms. The molecule has 3 heterocycles. The van der Waals surface area contributed by atoms with Crippen LogP contribution < -0.4 is 27.0 Å². The van der Waals surface area contributed by atoms with Crippen LogP contribution in [0, 0.1) is 0 Å². The van der Waals surface area contributed by atoms with Crippen molar-refractivity contribution in [1.82, 2.24) is 31.2 Å². The fourth-order valence-corrected chi connectivity index (χ4v) is 3.80. The van der Waals surface area contributed by atoms with Gasteiger partial charge in [0.15, 0.2) is 11.5 Å². The van der Waals surface area contributed by atoms with E-state index in [1.807, 2.05) is 6.07 Å². The van der Waals surface area contributed by atoms with E-state index in [4.69, 9.17) is 5.73 Å². The van der Waals surface area contributed by atoms with Crippen molar-refractivity contribution in [2.24, 2.45) is 0 Å². The van der Waals surface area contributed by atoms with Gasteiger partial charge in [-0.2, -0.15) is 0 Å². The first-order valence-corrected chi connectivity index (χ1v) is 10.4. The van der Waals surface area contributed by atoms with Gasteiger partial charge < -0.3 is 21.7 Å². The predicted molar refractivity (Wildman–Crippen MR) is 114 cm³/mol. The normalized spacial score (nSPS) is 21.2. The van der Waals surface area contributed by atoms with Crippen molar-refractivity contribution in [3.63, 3.8) is 0 Å². The van der Waals surface area contributed by atoms with E-state index >= 15 is 0 Å². The predicted octanol–water partition coefficient (Wildman–Crippen LogP) is 0.647. The standard InChI is InChI=1S/C21H27N7O2/c22-19-18(21(30)26-15-6-2-8-23-11-15)27-16(12-25-19)13-4-1-5-14(10-13)20(29)28-17-7-3-9-24-17/h1,4-5,10,12,15,17,23-24H,2-3,6-9,11H2,(H2,22,25)(H,26,30)(H,28,29)/t15-,17-/m0/s1. The largest absolute Gasteiger partial charge is 0.382 e. The van der Waals surface area contributed by atoms with Crippen molar-refractivity contribution >= 4 is 17.6 Å². The van der Waals surface area contributed by atoms with Gasteiger partial charge in [0.25, 0.3) is 11.8 Å². The number of nitrogens with one attached hydrogen (secondary N) is 4. The molecule has 0 bridgehead atoms. The maximum Gasteiger partial charge on any atom is 0.274 e. The molecule has 1 aromatic carbocycles. The number of nitrogens with zero attached hydrogens (tertiary/aromatic N) is 2. The quantitative estimate of drug-likeness (QED) is 0.489. The van der Waals surface area contributed by atoms with Crippen molar-refractivity contribution in [1.29, 1.82) is 0 Å². The van der Waals surface area contributed by atoms with Crippen molar-refractivity contribution in [2.75, 3.05) is 25.4 Å². The molecular formula is C21H27N7O2. The molecule has 1 aromatic heterocycles. The van der Waals surface area contributed by atoms with Gasteiger partial charge >= 0.3 is 0 Å². The van der Waals surface area contributed by atoms with Crippen LogP contribution in [0.25, 0.3) is 11.3 Å². The Labute approximate surface area is 175 Å². The molecule has 2 saturated heterocycles. The lowest BCUT2D eigenvalue weighted by atomic mass is 10.1. The number of anilines is 1. The summed E-state index contributed by atoms with van der Waals surface area (Å²) in [5, 5.41) is 12.5. The lowest BCUT2D eigenvalue weighted by molar-refractivity contribution is 0.0920. The molecule has 2 amide bonds. The molecular weight excluding hydrogens is 382 g/mol. The number of nitrogens with two attached hydrogens (primary N) is 1. The van der Waals surface area contributed by atoms with Gasteiger partial charge in [0.1, 0.15) is 0 Å². The van der Waals surface area contributed by atoms with Crippen LogP contribution in [0.4, 0.5) is 5.82 Å². The Morgan fingerprint density at radius 1 is 1.10 bits per heavy atom. The molecule has 2 aliphatic heterocycles. The number of piperidine rings is 1. The Morgan fingerprint density at radius 2 is 1.97 bits per heavy atom. The van der Waals surface area contributed by atoms with E-state index in [0.29, 0.717) is 16.8 Å². The average molecular weight is 409 g/mol. The smallest absolute Gasteiger partial charge is 0.274 e. The molecule has 0 saturated carbocycles. The molecule has 2 aliphatic rings. The van der Waals surface area contributed by atoms with Gasteiger partial charge in [0.2, 0.25) is 0 Å². The van der Waals surface area contributed by atoms with Crippen molar-refractivity contribution in [3.05, 3.63) is 41.7 Å². The minimum atomic E-state index is -0.336. The third-order valence-corrected chi connectivity index (χ3v) is 5.43. The summed E-state index contributed by atoms with van der Waals surface area (Å²) in [5.41, 5.74) is 7.74. The van der Waals surface area contributed by atoms with E-state index in [-0.39, 0.29) is 35.5 Å². The van der Waals surface area contributed by atoms with Gasteiger partial charge in [-0.3, -0.25) is 14.9 Å². The van der Waals surface area contributed by atoms with Crippen LogP contribution in [-0.2, 0) is 0 Å². The fourth-order valence-electron chi connectivity index (χ4n) is 3.80. The molecule has 6 N–H and O–H groups in total. The first-order chi connectivity index (χ1) is 14.6. The van der Waals surface area contributed by atoms with Gasteiger partial charge in [0, 0.05) is 23.7 Å². The van der Waals surface area contributed by atoms with Gasteiger partial charge in [-0.05, 0) is 50.9 Å². The maximum atomic E-state index is 12.7. The monoisotopic (exact) mass is 409 g/mol. The van der Waals surface area contributed by atoms with E-state index in [9.17, 15) is 9.59 Å². The number of aromatic nitrogens is 2. The van der Waals surface area contributed by atoms with Crippen LogP contribution in [0.1, 0.15) is 46.5 Å². The third-order valence-electron chi connectivity index (χ3n) is 5.43. The molecule has 9 nitrogen and oxygen atoms in total. The maximum absolute atomic E-state index is 12.7. The number of rotatable bonds is 5. The summed E-state index contributed by atoms with van der Waals surface area (Å²) < 4.78 is 0. The number of carbonyl (C=O) groups excluding carboxylic acids is 2. The van der Waals surface area contributed by atoms with Crippen molar-refractivity contribution in [3.8, 4) is 11.3 Å². The minimum Gasteiger partial charge on any atom is -0.382 e. The van der Waals surface area contributed by atoms with Gasteiger partial charge in [0.05, 0.1) is 18.1 Å². The summed E-state index contributed by atoms with van der Waals surface area (Å²) in [6.07, 6.45) is 5.42. The molecule has 2 aromatic rings. The van der Waals surface area contributed by atoms with Crippen LogP contribution in [0.3, 0.4) is 0 Å². The first kappa shape index (κ1) is 20.2. The van der Waals surface area contributed by atoms with Crippen molar-refractivity contribution < 1.29 is 9.59 Å². The molecule has 158 valence electrons. The van der Waals surface area contributed by atoms with E-state index in [0.717, 1.165) is 45.3 Å². The van der Waals surface area contributed by atoms with Gasteiger partial charge in [-0.25, -0.2) is 9.97 Å². The number of nitrogen functional groups attached to an aromatic ring is 1. The summed E-state index contributed by atoms with van der Waals surface area (Å²) >= 11 is 0. The van der Waals surface area contributed by atoms with Gasteiger partial charge in [-0.15, -0.1) is 0 Å². The summed E-state index contributed by atoms with van der Waals surface area (Å²) in [6, 6.07) is 7.17. The fraction of sp³-hybridized carbons (Fsp3) is 0.429. The second-order valence-electron chi connectivity index (χ2n) is 7.71. The van der Waals surface area contributed by atoms with Crippen LogP contribution in [-0.4, -0.2) is 53.6 Å². The topological polar surface area (TPSA) is 134 Å². The second kappa shape index (κ2) is 9.19. The number of hydrogen-bond acceptors (Lipinski definition) is 7. The zero-order chi connectivity index (χ0) is 20.9. The van der Waals surface area contributed by atoms with Crippen LogP contribution >= 0.6 is 0 Å². The van der Waals surface area contributed by atoms with Crippen LogP contribution in [0.15, 0.2) is 30.5 Å². The number of carbonyl (C=O) groups is 2. The highest BCUT2D eigenvalue weighted by molar-refractivity contribution is 5.97. The molecule has 30 heavy (non-hydrogen) atoms. The molecule has 0 radical (unpaired) electrons. The average Bonchev–Trinajstić information content (AvgIpc) is 3.28. The van der Waals surface area contributed by atoms with Crippen LogP contribution in [0.2, 0.25) is 0 Å². The highest BCUT2D eigenvalue weighted by Crippen LogP contribution is 2.20. The van der Waals surface area contributed by atoms with E-state index in [2.05, 4.69) is 31.2 Å². The zero-order valence-electron chi connectivity index (χ0n) is 16.8. The Balaban J connectivity index is 1.51. The third kappa shape index (κ3) is 4.74. The molecule has 0 aliphatic carbocycles. The molecule has 0 unspecified atom stereocenters. The summed E-state index contributed by atoms with van der Waals surface area (Å²) in [4.78, 5) is 33.9. The second-order valence-corrected chi connectivity index (χ2v) is 7.71. The Morgan fingerprint density at radius 3 is 2.73 bits per heavy atom. The number of benzene rings is 1. The van der Waals surface area contributed by atoms with E-state index in [1.54, 1.807) is 18.2 Å². The lowest BCUT2D eigenvalue weighted by Gasteiger charge is -2.23. The number of hydrogen-bond donors (Lipinski definition) is 5. The Kier molecular flexibility index (Phi) is 6.20. The van der Waals surface area contributed by atoms with Crippen molar-refractivity contribution in [2.45, 2.75) is 37.9 Å². The molecule has 2 atom stereocenters.